The van der Waals surface area contributed by atoms with Gasteiger partial charge in [-0.05, 0) is 22.9 Å². The first-order valence-electron chi connectivity index (χ1n) is 6.89. The molecule has 1 atom stereocenters. The van der Waals surface area contributed by atoms with E-state index in [2.05, 4.69) is 16.5 Å². The minimum atomic E-state index is -1.03. The zero-order valence-electron chi connectivity index (χ0n) is 11.8. The van der Waals surface area contributed by atoms with Gasteiger partial charge in [0, 0.05) is 12.6 Å². The quantitative estimate of drug-likeness (QED) is 0.668. The van der Waals surface area contributed by atoms with Crippen LogP contribution in [0.25, 0.3) is 10.8 Å². The molecule has 112 valence electrons. The average molecular weight is 296 g/mol. The highest BCUT2D eigenvalue weighted by molar-refractivity contribution is 5.85. The van der Waals surface area contributed by atoms with Crippen molar-refractivity contribution in [3.05, 3.63) is 60.7 Å². The lowest BCUT2D eigenvalue weighted by molar-refractivity contribution is -0.138. The Bertz CT molecular complexity index is 813. The number of anilines is 1. The molecule has 0 radical (unpaired) electrons. The number of nitrogens with one attached hydrogen (secondary N) is 1. The molecule has 0 bridgehead atoms. The molecule has 6 heteroatoms. The van der Waals surface area contributed by atoms with E-state index in [9.17, 15) is 4.79 Å². The number of hydrogen-bond donors (Lipinski definition) is 3. The average Bonchev–Trinajstić information content (AvgIpc) is 2.94. The van der Waals surface area contributed by atoms with Gasteiger partial charge in [-0.1, -0.05) is 30.3 Å². The van der Waals surface area contributed by atoms with E-state index in [4.69, 9.17) is 10.8 Å². The number of benzene rings is 2. The van der Waals surface area contributed by atoms with Crippen LogP contribution in [0.3, 0.4) is 0 Å². The Morgan fingerprint density at radius 3 is 2.82 bits per heavy atom. The number of carboxylic acid groups (broad SMARTS) is 1. The van der Waals surface area contributed by atoms with Crippen molar-refractivity contribution in [2.24, 2.45) is 5.73 Å². The molecule has 22 heavy (non-hydrogen) atoms. The Balaban J connectivity index is 1.74. The van der Waals surface area contributed by atoms with E-state index in [1.165, 1.54) is 5.39 Å². The van der Waals surface area contributed by atoms with E-state index in [0.29, 0.717) is 5.69 Å². The number of nitrogens with two attached hydrogens (primary N) is 1. The first kappa shape index (κ1) is 14.1. The normalized spacial score (nSPS) is 12.2. The maximum atomic E-state index is 10.8. The molecule has 0 spiro atoms. The van der Waals surface area contributed by atoms with Crippen LogP contribution in [0, 0.1) is 0 Å². The summed E-state index contributed by atoms with van der Waals surface area (Å²) in [6, 6.07) is 13.2. The van der Waals surface area contributed by atoms with Gasteiger partial charge in [-0.3, -0.25) is 14.9 Å². The lowest BCUT2D eigenvalue weighted by Crippen LogP contribution is -2.32. The van der Waals surface area contributed by atoms with Gasteiger partial charge < -0.3 is 10.8 Å². The second-order valence-corrected chi connectivity index (χ2v) is 5.09. The van der Waals surface area contributed by atoms with Crippen molar-refractivity contribution in [1.82, 2.24) is 9.66 Å². The lowest BCUT2D eigenvalue weighted by atomic mass is 10.1. The number of imidazole rings is 1. The predicted octanol–water partition coefficient (Wildman–Crippen LogP) is 1.87. The van der Waals surface area contributed by atoms with Crippen molar-refractivity contribution in [2.45, 2.75) is 12.5 Å². The molecule has 0 saturated carbocycles. The molecule has 0 fully saturated rings. The summed E-state index contributed by atoms with van der Waals surface area (Å²) in [6.45, 7) is 0. The zero-order valence-corrected chi connectivity index (χ0v) is 11.8. The molecule has 2 aromatic carbocycles. The number of carbonyl (C=O) groups is 1. The largest absolute Gasteiger partial charge is 0.480 e. The second kappa shape index (κ2) is 5.87. The van der Waals surface area contributed by atoms with Crippen molar-refractivity contribution in [3.63, 3.8) is 0 Å². The van der Waals surface area contributed by atoms with Gasteiger partial charge in [0.2, 0.25) is 0 Å². The summed E-state index contributed by atoms with van der Waals surface area (Å²) < 4.78 is 1.69. The van der Waals surface area contributed by atoms with Crippen LogP contribution in [0.4, 0.5) is 5.69 Å². The van der Waals surface area contributed by atoms with Crippen molar-refractivity contribution < 1.29 is 9.90 Å². The fourth-order valence-electron chi connectivity index (χ4n) is 2.25. The van der Waals surface area contributed by atoms with Crippen LogP contribution in [0.5, 0.6) is 0 Å². The van der Waals surface area contributed by atoms with Crippen LogP contribution in [-0.4, -0.2) is 26.8 Å². The third-order valence-corrected chi connectivity index (χ3v) is 3.39. The van der Waals surface area contributed by atoms with Gasteiger partial charge in [0.05, 0.1) is 11.4 Å². The molecule has 0 saturated heterocycles. The van der Waals surface area contributed by atoms with Gasteiger partial charge in [0.1, 0.15) is 12.4 Å². The first-order valence-corrected chi connectivity index (χ1v) is 6.89. The van der Waals surface area contributed by atoms with Crippen LogP contribution < -0.4 is 11.2 Å². The molecule has 0 amide bonds. The number of aromatic nitrogens is 2. The highest BCUT2D eigenvalue weighted by Crippen LogP contribution is 2.19. The van der Waals surface area contributed by atoms with E-state index in [-0.39, 0.29) is 6.42 Å². The summed E-state index contributed by atoms with van der Waals surface area (Å²) in [4.78, 5) is 14.9. The second-order valence-electron chi connectivity index (χ2n) is 5.09. The number of nitrogens with zero attached hydrogens (tertiary/aromatic N) is 2. The van der Waals surface area contributed by atoms with Crippen molar-refractivity contribution in [3.8, 4) is 0 Å². The van der Waals surface area contributed by atoms with Crippen LogP contribution >= 0.6 is 0 Å². The highest BCUT2D eigenvalue weighted by atomic mass is 16.4. The fourth-order valence-corrected chi connectivity index (χ4v) is 2.25. The number of hydrogen-bond acceptors (Lipinski definition) is 4. The number of rotatable bonds is 5. The molecule has 0 aliphatic heterocycles. The SMILES string of the molecule is N[C@@H](Cc1cn(Nc2ccc3ccccc3c2)cn1)C(=O)O. The summed E-state index contributed by atoms with van der Waals surface area (Å²) in [5, 5.41) is 11.1. The molecule has 3 aromatic rings. The molecule has 1 aromatic heterocycles. The van der Waals surface area contributed by atoms with Crippen molar-refractivity contribution in [1.29, 1.82) is 0 Å². The van der Waals surface area contributed by atoms with E-state index >= 15 is 0 Å². The Morgan fingerprint density at radius 2 is 2.05 bits per heavy atom. The summed E-state index contributed by atoms with van der Waals surface area (Å²) in [5.74, 6) is -1.03. The Hall–Kier alpha value is -2.86. The van der Waals surface area contributed by atoms with Gasteiger partial charge >= 0.3 is 5.97 Å². The van der Waals surface area contributed by atoms with Gasteiger partial charge in [-0.15, -0.1) is 0 Å². The number of aliphatic carboxylic acids is 1. The molecule has 6 nitrogen and oxygen atoms in total. The van der Waals surface area contributed by atoms with E-state index in [0.717, 1.165) is 11.1 Å². The number of carboxylic acids is 1. The van der Waals surface area contributed by atoms with Crippen molar-refractivity contribution in [2.75, 3.05) is 5.43 Å². The lowest BCUT2D eigenvalue weighted by Gasteiger charge is -2.08. The van der Waals surface area contributed by atoms with Crippen LogP contribution in [-0.2, 0) is 11.2 Å². The first-order chi connectivity index (χ1) is 10.6. The van der Waals surface area contributed by atoms with E-state index in [1.54, 1.807) is 17.2 Å². The number of fused-ring (bicyclic) bond motifs is 1. The summed E-state index contributed by atoms with van der Waals surface area (Å²) in [7, 11) is 0. The van der Waals surface area contributed by atoms with Crippen molar-refractivity contribution >= 4 is 22.4 Å². The minimum Gasteiger partial charge on any atom is -0.480 e. The molecule has 3 rings (SSSR count). The van der Waals surface area contributed by atoms with Gasteiger partial charge in [0.25, 0.3) is 0 Å². The molecular weight excluding hydrogens is 280 g/mol. The van der Waals surface area contributed by atoms with Crippen LogP contribution in [0.2, 0.25) is 0 Å². The summed E-state index contributed by atoms with van der Waals surface area (Å²) >= 11 is 0. The van der Waals surface area contributed by atoms with Gasteiger partial charge in [0.15, 0.2) is 0 Å². The molecular formula is C16H16N4O2. The zero-order chi connectivity index (χ0) is 15.5. The monoisotopic (exact) mass is 296 g/mol. The maximum Gasteiger partial charge on any atom is 0.320 e. The van der Waals surface area contributed by atoms with E-state index < -0.39 is 12.0 Å². The third kappa shape index (κ3) is 3.07. The predicted molar refractivity (Wildman–Crippen MR) is 84.5 cm³/mol. The Kier molecular flexibility index (Phi) is 3.76. The molecule has 0 unspecified atom stereocenters. The van der Waals surface area contributed by atoms with Gasteiger partial charge in [-0.2, -0.15) is 0 Å². The highest BCUT2D eigenvalue weighted by Gasteiger charge is 2.13. The summed E-state index contributed by atoms with van der Waals surface area (Å²) in [5.41, 5.74) is 10.2. The van der Waals surface area contributed by atoms with Crippen LogP contribution in [0.1, 0.15) is 5.69 Å². The maximum absolute atomic E-state index is 10.8. The molecule has 0 aliphatic carbocycles. The smallest absolute Gasteiger partial charge is 0.320 e. The standard InChI is InChI=1S/C16H16N4O2/c17-15(16(21)22)8-14-9-20(10-18-14)19-13-6-5-11-3-1-2-4-12(11)7-13/h1-7,9-10,15,19H,8,17H2,(H,21,22)/t15-/m0/s1. The van der Waals surface area contributed by atoms with Gasteiger partial charge in [-0.25, -0.2) is 4.98 Å². The van der Waals surface area contributed by atoms with E-state index in [1.807, 2.05) is 36.4 Å². The Morgan fingerprint density at radius 1 is 1.27 bits per heavy atom. The Labute approximate surface area is 127 Å². The topological polar surface area (TPSA) is 93.2 Å². The molecule has 1 heterocycles. The fraction of sp³-hybridized carbons (Fsp3) is 0.125. The summed E-state index contributed by atoms with van der Waals surface area (Å²) in [6.07, 6.45) is 3.53. The molecule has 0 aliphatic rings. The minimum absolute atomic E-state index is 0.196. The third-order valence-electron chi connectivity index (χ3n) is 3.39. The molecule has 4 N–H and O–H groups in total. The van der Waals surface area contributed by atoms with Crippen LogP contribution in [0.15, 0.2) is 55.0 Å².